The van der Waals surface area contributed by atoms with E-state index < -0.39 is 11.5 Å². The highest BCUT2D eigenvalue weighted by Gasteiger charge is 2.34. The maximum absolute atomic E-state index is 13.6. The lowest BCUT2D eigenvalue weighted by Gasteiger charge is -2.30. The first-order valence-corrected chi connectivity index (χ1v) is 6.13. The van der Waals surface area contributed by atoms with Gasteiger partial charge in [0.25, 0.3) is 0 Å². The maximum Gasteiger partial charge on any atom is 0.323 e. The van der Waals surface area contributed by atoms with Gasteiger partial charge in [0.1, 0.15) is 11.4 Å². The van der Waals surface area contributed by atoms with Gasteiger partial charge < -0.3 is 5.11 Å². The SMILES string of the molecule is CCC(C)NC(C)(Cc1ccccc1F)C(=O)O. The third kappa shape index (κ3) is 3.53. The molecule has 0 radical (unpaired) electrons. The highest BCUT2D eigenvalue weighted by atomic mass is 19.1. The van der Waals surface area contributed by atoms with Gasteiger partial charge in [0.2, 0.25) is 0 Å². The molecule has 2 unspecified atom stereocenters. The highest BCUT2D eigenvalue weighted by molar-refractivity contribution is 5.78. The predicted octanol–water partition coefficient (Wildman–Crippen LogP) is 2.60. The van der Waals surface area contributed by atoms with E-state index in [0.29, 0.717) is 5.56 Å². The minimum atomic E-state index is -1.16. The van der Waals surface area contributed by atoms with Crippen molar-refractivity contribution in [3.63, 3.8) is 0 Å². The largest absolute Gasteiger partial charge is 0.480 e. The van der Waals surface area contributed by atoms with Gasteiger partial charge in [-0.3, -0.25) is 10.1 Å². The third-order valence-electron chi connectivity index (χ3n) is 3.15. The van der Waals surface area contributed by atoms with E-state index >= 15 is 0 Å². The molecule has 0 saturated heterocycles. The van der Waals surface area contributed by atoms with Crippen LogP contribution in [0.4, 0.5) is 4.39 Å². The van der Waals surface area contributed by atoms with Gasteiger partial charge in [-0.25, -0.2) is 4.39 Å². The van der Waals surface area contributed by atoms with Crippen LogP contribution in [0.2, 0.25) is 0 Å². The number of hydrogen-bond donors (Lipinski definition) is 2. The second kappa shape index (κ2) is 5.96. The summed E-state index contributed by atoms with van der Waals surface area (Å²) < 4.78 is 13.6. The van der Waals surface area contributed by atoms with Crippen LogP contribution in [0.3, 0.4) is 0 Å². The summed E-state index contributed by atoms with van der Waals surface area (Å²) >= 11 is 0. The summed E-state index contributed by atoms with van der Waals surface area (Å²) in [5.74, 6) is -1.33. The summed E-state index contributed by atoms with van der Waals surface area (Å²) in [6, 6.07) is 6.34. The number of rotatable bonds is 6. The molecule has 0 aliphatic carbocycles. The molecule has 1 aromatic rings. The first-order chi connectivity index (χ1) is 8.39. The standard InChI is InChI=1S/C14H20FNO2/c1-4-10(2)16-14(3,13(17)18)9-11-7-5-6-8-12(11)15/h5-8,10,16H,4,9H2,1-3H3,(H,17,18). The Morgan fingerprint density at radius 3 is 2.61 bits per heavy atom. The molecule has 0 amide bonds. The average Bonchev–Trinajstić information content (AvgIpc) is 2.31. The van der Waals surface area contributed by atoms with E-state index in [1.54, 1.807) is 25.1 Å². The van der Waals surface area contributed by atoms with E-state index in [2.05, 4.69) is 5.32 Å². The summed E-state index contributed by atoms with van der Waals surface area (Å²) in [6.45, 7) is 5.49. The third-order valence-corrected chi connectivity index (χ3v) is 3.15. The molecule has 0 fully saturated rings. The molecule has 0 heterocycles. The lowest BCUT2D eigenvalue weighted by molar-refractivity contribution is -0.144. The van der Waals surface area contributed by atoms with Crippen molar-refractivity contribution in [2.45, 2.75) is 45.2 Å². The van der Waals surface area contributed by atoms with E-state index in [4.69, 9.17) is 0 Å². The molecule has 0 aromatic heterocycles. The topological polar surface area (TPSA) is 49.3 Å². The number of halogens is 1. The van der Waals surface area contributed by atoms with Crippen molar-refractivity contribution in [3.05, 3.63) is 35.6 Å². The Balaban J connectivity index is 2.93. The van der Waals surface area contributed by atoms with Crippen LogP contribution in [0.15, 0.2) is 24.3 Å². The molecule has 0 aliphatic rings. The highest BCUT2D eigenvalue weighted by Crippen LogP contribution is 2.17. The second-order valence-electron chi connectivity index (χ2n) is 4.86. The summed E-state index contributed by atoms with van der Waals surface area (Å²) in [5.41, 5.74) is -0.740. The van der Waals surface area contributed by atoms with Crippen LogP contribution in [0.25, 0.3) is 0 Å². The molecule has 0 aliphatic heterocycles. The molecule has 100 valence electrons. The van der Waals surface area contributed by atoms with Crippen LogP contribution in [0.5, 0.6) is 0 Å². The van der Waals surface area contributed by atoms with Crippen LogP contribution in [-0.4, -0.2) is 22.7 Å². The fraction of sp³-hybridized carbons (Fsp3) is 0.500. The lowest BCUT2D eigenvalue weighted by Crippen LogP contribution is -2.54. The summed E-state index contributed by atoms with van der Waals surface area (Å²) in [5, 5.41) is 12.4. The Bertz CT molecular complexity index is 422. The zero-order chi connectivity index (χ0) is 13.8. The van der Waals surface area contributed by atoms with E-state index in [0.717, 1.165) is 6.42 Å². The van der Waals surface area contributed by atoms with Gasteiger partial charge in [-0.15, -0.1) is 0 Å². The van der Waals surface area contributed by atoms with Gasteiger partial charge in [0.05, 0.1) is 0 Å². The molecular weight excluding hydrogens is 233 g/mol. The maximum atomic E-state index is 13.6. The second-order valence-corrected chi connectivity index (χ2v) is 4.86. The first-order valence-electron chi connectivity index (χ1n) is 6.13. The number of carboxylic acid groups (broad SMARTS) is 1. The van der Waals surface area contributed by atoms with E-state index in [9.17, 15) is 14.3 Å². The van der Waals surface area contributed by atoms with Crippen molar-refractivity contribution in [2.24, 2.45) is 0 Å². The Morgan fingerprint density at radius 1 is 1.50 bits per heavy atom. The molecule has 1 rings (SSSR count). The van der Waals surface area contributed by atoms with Crippen LogP contribution >= 0.6 is 0 Å². The molecular formula is C14H20FNO2. The Morgan fingerprint density at radius 2 is 2.11 bits per heavy atom. The zero-order valence-electron chi connectivity index (χ0n) is 11.0. The molecule has 3 nitrogen and oxygen atoms in total. The fourth-order valence-electron chi connectivity index (χ4n) is 1.86. The van der Waals surface area contributed by atoms with Crippen molar-refractivity contribution in [2.75, 3.05) is 0 Å². The monoisotopic (exact) mass is 253 g/mol. The van der Waals surface area contributed by atoms with Crippen molar-refractivity contribution in [3.8, 4) is 0 Å². The molecule has 0 bridgehead atoms. The lowest BCUT2D eigenvalue weighted by atomic mass is 9.91. The quantitative estimate of drug-likeness (QED) is 0.819. The Labute approximate surface area is 107 Å². The van der Waals surface area contributed by atoms with Gasteiger partial charge >= 0.3 is 5.97 Å². The summed E-state index contributed by atoms with van der Waals surface area (Å²) in [4.78, 5) is 11.4. The predicted molar refractivity (Wildman–Crippen MR) is 69.0 cm³/mol. The van der Waals surface area contributed by atoms with Gasteiger partial charge in [0, 0.05) is 12.5 Å². The minimum absolute atomic E-state index is 0.0675. The van der Waals surface area contributed by atoms with E-state index in [-0.39, 0.29) is 18.3 Å². The Kier molecular flexibility index (Phi) is 4.84. The van der Waals surface area contributed by atoms with Crippen molar-refractivity contribution in [1.29, 1.82) is 0 Å². The van der Waals surface area contributed by atoms with Gasteiger partial charge in [0.15, 0.2) is 0 Å². The molecule has 1 aromatic carbocycles. The number of aliphatic carboxylic acids is 1. The van der Waals surface area contributed by atoms with Gasteiger partial charge in [-0.1, -0.05) is 25.1 Å². The normalized spacial score (nSPS) is 16.0. The molecule has 2 N–H and O–H groups in total. The first kappa shape index (κ1) is 14.6. The van der Waals surface area contributed by atoms with E-state index in [1.807, 2.05) is 13.8 Å². The molecule has 18 heavy (non-hydrogen) atoms. The molecule has 2 atom stereocenters. The smallest absolute Gasteiger partial charge is 0.323 e. The molecule has 0 saturated carbocycles. The average molecular weight is 253 g/mol. The molecule has 0 spiro atoms. The van der Waals surface area contributed by atoms with E-state index in [1.165, 1.54) is 6.07 Å². The van der Waals surface area contributed by atoms with Crippen molar-refractivity contribution < 1.29 is 14.3 Å². The number of carbonyl (C=O) groups is 1. The van der Waals surface area contributed by atoms with Crippen molar-refractivity contribution in [1.82, 2.24) is 5.32 Å². The fourth-order valence-corrected chi connectivity index (χ4v) is 1.86. The van der Waals surface area contributed by atoms with Gasteiger partial charge in [-0.05, 0) is 31.9 Å². The van der Waals surface area contributed by atoms with Crippen LogP contribution in [0, 0.1) is 5.82 Å². The summed E-state index contributed by atoms with van der Waals surface area (Å²) in [6.07, 6.45) is 0.944. The van der Waals surface area contributed by atoms with Crippen molar-refractivity contribution >= 4 is 5.97 Å². The van der Waals surface area contributed by atoms with Gasteiger partial charge in [-0.2, -0.15) is 0 Å². The Hall–Kier alpha value is -1.42. The number of nitrogens with one attached hydrogen (secondary N) is 1. The zero-order valence-corrected chi connectivity index (χ0v) is 11.0. The number of hydrogen-bond acceptors (Lipinski definition) is 2. The minimum Gasteiger partial charge on any atom is -0.480 e. The summed E-state index contributed by atoms with van der Waals surface area (Å²) in [7, 11) is 0. The van der Waals surface area contributed by atoms with Crippen LogP contribution in [0.1, 0.15) is 32.8 Å². The van der Waals surface area contributed by atoms with Crippen LogP contribution < -0.4 is 5.32 Å². The number of benzene rings is 1. The van der Waals surface area contributed by atoms with Crippen LogP contribution in [-0.2, 0) is 11.2 Å². The number of carboxylic acids is 1. The molecule has 4 heteroatoms.